The van der Waals surface area contributed by atoms with Crippen LogP contribution in [0.1, 0.15) is 30.5 Å². The van der Waals surface area contributed by atoms with Gasteiger partial charge in [0, 0.05) is 23.5 Å². The first-order chi connectivity index (χ1) is 11.3. The van der Waals surface area contributed by atoms with Crippen molar-refractivity contribution in [1.82, 2.24) is 19.9 Å². The summed E-state index contributed by atoms with van der Waals surface area (Å²) in [5, 5.41) is 3.71. The standard InChI is InChI=1S/C18H23N5/c1-23-11-8-13(9-12-23)20-17-14-5-4-7-15(14)21-18(22-17)16-6-2-3-10-19-16/h2-3,6,10,13H,4-5,7-9,11-12H2,1H3,(H,20,21,22). The van der Waals surface area contributed by atoms with E-state index in [1.165, 1.54) is 30.5 Å². The second-order valence-corrected chi connectivity index (χ2v) is 6.61. The highest BCUT2D eigenvalue weighted by molar-refractivity contribution is 5.58. The average molecular weight is 309 g/mol. The highest BCUT2D eigenvalue weighted by Crippen LogP contribution is 2.29. The van der Waals surface area contributed by atoms with Crippen molar-refractivity contribution in [3.8, 4) is 11.5 Å². The van der Waals surface area contributed by atoms with E-state index in [1.54, 1.807) is 6.20 Å². The Kier molecular flexibility index (Phi) is 3.95. The Morgan fingerprint density at radius 3 is 2.78 bits per heavy atom. The smallest absolute Gasteiger partial charge is 0.180 e. The molecule has 0 atom stereocenters. The Morgan fingerprint density at radius 2 is 2.00 bits per heavy atom. The molecule has 2 aliphatic rings. The van der Waals surface area contributed by atoms with Crippen LogP contribution in [0.3, 0.4) is 0 Å². The van der Waals surface area contributed by atoms with Crippen LogP contribution >= 0.6 is 0 Å². The van der Waals surface area contributed by atoms with Gasteiger partial charge in [0.2, 0.25) is 0 Å². The Labute approximate surface area is 137 Å². The molecule has 23 heavy (non-hydrogen) atoms. The number of aromatic nitrogens is 3. The van der Waals surface area contributed by atoms with Gasteiger partial charge in [-0.3, -0.25) is 4.98 Å². The van der Waals surface area contributed by atoms with E-state index in [0.29, 0.717) is 6.04 Å². The van der Waals surface area contributed by atoms with Gasteiger partial charge in [0.05, 0.1) is 0 Å². The minimum Gasteiger partial charge on any atom is -0.367 e. The van der Waals surface area contributed by atoms with Crippen molar-refractivity contribution in [2.75, 3.05) is 25.5 Å². The quantitative estimate of drug-likeness (QED) is 0.944. The molecule has 1 saturated heterocycles. The zero-order chi connectivity index (χ0) is 15.6. The zero-order valence-electron chi connectivity index (χ0n) is 13.6. The van der Waals surface area contributed by atoms with Crippen LogP contribution in [0, 0.1) is 0 Å². The van der Waals surface area contributed by atoms with Crippen molar-refractivity contribution in [2.24, 2.45) is 0 Å². The number of hydrogen-bond acceptors (Lipinski definition) is 5. The molecule has 0 amide bonds. The normalized spacial score (nSPS) is 18.8. The number of nitrogens with one attached hydrogen (secondary N) is 1. The number of pyridine rings is 1. The van der Waals surface area contributed by atoms with Crippen molar-refractivity contribution in [2.45, 2.75) is 38.1 Å². The van der Waals surface area contributed by atoms with Crippen LogP contribution in [0.2, 0.25) is 0 Å². The fraction of sp³-hybridized carbons (Fsp3) is 0.500. The van der Waals surface area contributed by atoms with E-state index >= 15 is 0 Å². The van der Waals surface area contributed by atoms with Gasteiger partial charge in [-0.25, -0.2) is 9.97 Å². The van der Waals surface area contributed by atoms with Gasteiger partial charge in [-0.1, -0.05) is 6.07 Å². The molecule has 2 aromatic heterocycles. The lowest BCUT2D eigenvalue weighted by molar-refractivity contribution is 0.263. The number of likely N-dealkylation sites (tertiary alicyclic amines) is 1. The van der Waals surface area contributed by atoms with Gasteiger partial charge in [-0.15, -0.1) is 0 Å². The lowest BCUT2D eigenvalue weighted by Gasteiger charge is -2.30. The van der Waals surface area contributed by atoms with Crippen LogP contribution < -0.4 is 5.32 Å². The molecule has 1 N–H and O–H groups in total. The van der Waals surface area contributed by atoms with Crippen molar-refractivity contribution >= 4 is 5.82 Å². The van der Waals surface area contributed by atoms with Crippen LogP contribution in [-0.4, -0.2) is 46.0 Å². The van der Waals surface area contributed by atoms with Gasteiger partial charge in [0.25, 0.3) is 0 Å². The van der Waals surface area contributed by atoms with Crippen LogP contribution in [0.5, 0.6) is 0 Å². The molecule has 3 heterocycles. The Morgan fingerprint density at radius 1 is 1.13 bits per heavy atom. The maximum absolute atomic E-state index is 4.83. The number of rotatable bonds is 3. The summed E-state index contributed by atoms with van der Waals surface area (Å²) >= 11 is 0. The monoisotopic (exact) mass is 309 g/mol. The molecule has 0 radical (unpaired) electrons. The highest BCUT2D eigenvalue weighted by atomic mass is 15.1. The number of aryl methyl sites for hydroxylation is 1. The van der Waals surface area contributed by atoms with Crippen LogP contribution in [-0.2, 0) is 12.8 Å². The summed E-state index contributed by atoms with van der Waals surface area (Å²) in [6.07, 6.45) is 7.47. The van der Waals surface area contributed by atoms with Crippen LogP contribution in [0.4, 0.5) is 5.82 Å². The van der Waals surface area contributed by atoms with Gasteiger partial charge >= 0.3 is 0 Å². The predicted molar refractivity (Wildman–Crippen MR) is 91.4 cm³/mol. The van der Waals surface area contributed by atoms with Crippen LogP contribution in [0.15, 0.2) is 24.4 Å². The lowest BCUT2D eigenvalue weighted by atomic mass is 10.1. The van der Waals surface area contributed by atoms with Crippen molar-refractivity contribution < 1.29 is 0 Å². The van der Waals surface area contributed by atoms with E-state index in [4.69, 9.17) is 9.97 Å². The number of hydrogen-bond donors (Lipinski definition) is 1. The van der Waals surface area contributed by atoms with E-state index in [-0.39, 0.29) is 0 Å². The minimum atomic E-state index is 0.516. The van der Waals surface area contributed by atoms with Crippen molar-refractivity contribution in [1.29, 1.82) is 0 Å². The van der Waals surface area contributed by atoms with Gasteiger partial charge in [0.1, 0.15) is 11.5 Å². The van der Waals surface area contributed by atoms with E-state index in [9.17, 15) is 0 Å². The number of nitrogens with zero attached hydrogens (tertiary/aromatic N) is 4. The maximum atomic E-state index is 4.83. The van der Waals surface area contributed by atoms with E-state index in [0.717, 1.165) is 43.3 Å². The molecule has 0 aromatic carbocycles. The third-order valence-electron chi connectivity index (χ3n) is 4.89. The summed E-state index contributed by atoms with van der Waals surface area (Å²) in [5.74, 6) is 1.80. The largest absolute Gasteiger partial charge is 0.367 e. The summed E-state index contributed by atoms with van der Waals surface area (Å²) in [7, 11) is 2.19. The summed E-state index contributed by atoms with van der Waals surface area (Å²) in [4.78, 5) is 16.4. The molecule has 0 unspecified atom stereocenters. The first-order valence-electron chi connectivity index (χ1n) is 8.56. The second-order valence-electron chi connectivity index (χ2n) is 6.61. The Hall–Kier alpha value is -2.01. The molecular weight excluding hydrogens is 286 g/mol. The molecule has 0 saturated carbocycles. The first-order valence-corrected chi connectivity index (χ1v) is 8.56. The molecular formula is C18H23N5. The molecule has 1 aliphatic heterocycles. The fourth-order valence-electron chi connectivity index (χ4n) is 3.51. The summed E-state index contributed by atoms with van der Waals surface area (Å²) in [5.41, 5.74) is 3.38. The summed E-state index contributed by atoms with van der Waals surface area (Å²) in [6, 6.07) is 6.41. The maximum Gasteiger partial charge on any atom is 0.180 e. The van der Waals surface area contributed by atoms with Crippen molar-refractivity contribution in [3.63, 3.8) is 0 Å². The van der Waals surface area contributed by atoms with Crippen LogP contribution in [0.25, 0.3) is 11.5 Å². The third kappa shape index (κ3) is 3.06. The summed E-state index contributed by atoms with van der Waals surface area (Å²) < 4.78 is 0. The zero-order valence-corrected chi connectivity index (χ0v) is 13.6. The molecule has 4 rings (SSSR count). The van der Waals surface area contributed by atoms with Gasteiger partial charge in [0.15, 0.2) is 5.82 Å². The number of anilines is 1. The van der Waals surface area contributed by atoms with E-state index in [2.05, 4.69) is 22.2 Å². The minimum absolute atomic E-state index is 0.516. The first kappa shape index (κ1) is 14.6. The van der Waals surface area contributed by atoms with Gasteiger partial charge in [-0.05, 0) is 64.4 Å². The molecule has 2 aromatic rings. The van der Waals surface area contributed by atoms with Gasteiger partial charge < -0.3 is 10.2 Å². The Balaban J connectivity index is 1.64. The molecule has 5 heteroatoms. The fourth-order valence-corrected chi connectivity index (χ4v) is 3.51. The SMILES string of the molecule is CN1CCC(Nc2nc(-c3ccccn3)nc3c2CCC3)CC1. The van der Waals surface area contributed by atoms with E-state index < -0.39 is 0 Å². The third-order valence-corrected chi connectivity index (χ3v) is 4.89. The highest BCUT2D eigenvalue weighted by Gasteiger charge is 2.23. The number of fused-ring (bicyclic) bond motifs is 1. The number of piperidine rings is 1. The average Bonchev–Trinajstić information content (AvgIpc) is 3.06. The summed E-state index contributed by atoms with van der Waals surface area (Å²) in [6.45, 7) is 2.30. The molecule has 1 fully saturated rings. The molecule has 0 spiro atoms. The molecule has 5 nitrogen and oxygen atoms in total. The van der Waals surface area contributed by atoms with E-state index in [1.807, 2.05) is 18.2 Å². The molecule has 0 bridgehead atoms. The lowest BCUT2D eigenvalue weighted by Crippen LogP contribution is -2.37. The molecule has 120 valence electrons. The second kappa shape index (κ2) is 6.24. The van der Waals surface area contributed by atoms with Crippen molar-refractivity contribution in [3.05, 3.63) is 35.7 Å². The molecule has 1 aliphatic carbocycles. The topological polar surface area (TPSA) is 53.9 Å². The Bertz CT molecular complexity index is 677. The predicted octanol–water partition coefficient (Wildman–Crippen LogP) is 2.53. The van der Waals surface area contributed by atoms with Gasteiger partial charge in [-0.2, -0.15) is 0 Å².